The van der Waals surface area contributed by atoms with Crippen LogP contribution in [0.2, 0.25) is 5.02 Å². The first-order valence-electron chi connectivity index (χ1n) is 6.22. The Hall–Kier alpha value is -1.33. The van der Waals surface area contributed by atoms with Crippen molar-refractivity contribution < 1.29 is 0 Å². The predicted molar refractivity (Wildman–Crippen MR) is 91.5 cm³/mol. The minimum Gasteiger partial charge on any atom is -0.233 e. The molecule has 3 aromatic rings. The van der Waals surface area contributed by atoms with Crippen molar-refractivity contribution in [2.75, 3.05) is 0 Å². The van der Waals surface area contributed by atoms with Gasteiger partial charge in [-0.15, -0.1) is 0 Å². The summed E-state index contributed by atoms with van der Waals surface area (Å²) in [5, 5.41) is 5.31. The van der Waals surface area contributed by atoms with Crippen LogP contribution in [0.3, 0.4) is 0 Å². The summed E-state index contributed by atoms with van der Waals surface area (Å²) in [5.74, 6) is 0. The number of hydrogen-bond donors (Lipinski definition) is 0. The Morgan fingerprint density at radius 1 is 1.00 bits per heavy atom. The topological polar surface area (TPSA) is 17.8 Å². The molecule has 0 aliphatic carbocycles. The van der Waals surface area contributed by atoms with Gasteiger partial charge in [0.25, 0.3) is 0 Å². The second kappa shape index (κ2) is 5.58. The number of hydrogen-bond acceptors (Lipinski definition) is 1. The van der Waals surface area contributed by atoms with Gasteiger partial charge >= 0.3 is 0 Å². The fraction of sp³-hybridized carbons (Fsp3) is 0.0625. The minimum atomic E-state index is 0.730. The van der Waals surface area contributed by atoms with Gasteiger partial charge in [-0.2, -0.15) is 5.10 Å². The maximum absolute atomic E-state index is 5.95. The van der Waals surface area contributed by atoms with E-state index in [9.17, 15) is 0 Å². The third-order valence-corrected chi connectivity index (χ3v) is 4.01. The molecule has 3 rings (SSSR count). The predicted octanol–water partition coefficient (Wildman–Crippen LogP) is 5.11. The summed E-state index contributed by atoms with van der Waals surface area (Å²) in [6.45, 7) is 2.00. The van der Waals surface area contributed by atoms with Gasteiger partial charge in [0.2, 0.25) is 0 Å². The number of nitrogens with zero attached hydrogens (tertiary/aromatic N) is 2. The van der Waals surface area contributed by atoms with Crippen LogP contribution >= 0.6 is 34.2 Å². The molecule has 1 aromatic heterocycles. The SMILES string of the molecule is Cc1cc(-c2ccc(I)cc2)n(-c2ccc(Cl)cc2)n1. The summed E-state index contributed by atoms with van der Waals surface area (Å²) in [4.78, 5) is 0. The normalized spacial score (nSPS) is 10.8. The second-order valence-electron chi connectivity index (χ2n) is 4.57. The number of aromatic nitrogens is 2. The van der Waals surface area contributed by atoms with E-state index in [2.05, 4.69) is 58.0 Å². The molecule has 20 heavy (non-hydrogen) atoms. The van der Waals surface area contributed by atoms with Crippen molar-refractivity contribution in [3.05, 3.63) is 68.9 Å². The Balaban J connectivity index is 2.12. The van der Waals surface area contributed by atoms with Crippen molar-refractivity contribution >= 4 is 34.2 Å². The molecule has 0 aliphatic rings. The molecule has 0 unspecified atom stereocenters. The van der Waals surface area contributed by atoms with Crippen LogP contribution in [0.15, 0.2) is 54.6 Å². The summed E-state index contributed by atoms with van der Waals surface area (Å²) >= 11 is 8.26. The molecule has 1 heterocycles. The van der Waals surface area contributed by atoms with Crippen LogP contribution in [0.4, 0.5) is 0 Å². The summed E-state index contributed by atoms with van der Waals surface area (Å²) in [6.07, 6.45) is 0. The van der Waals surface area contributed by atoms with Crippen LogP contribution in [0.1, 0.15) is 5.69 Å². The Kier molecular flexibility index (Phi) is 3.81. The lowest BCUT2D eigenvalue weighted by Gasteiger charge is -2.08. The van der Waals surface area contributed by atoms with Crippen molar-refractivity contribution in [2.45, 2.75) is 6.92 Å². The molecule has 0 aliphatic heterocycles. The largest absolute Gasteiger partial charge is 0.233 e. The van der Waals surface area contributed by atoms with Gasteiger partial charge in [0.05, 0.1) is 17.1 Å². The molecule has 0 saturated carbocycles. The van der Waals surface area contributed by atoms with E-state index in [0.29, 0.717) is 0 Å². The Morgan fingerprint density at radius 2 is 1.65 bits per heavy atom. The van der Waals surface area contributed by atoms with Gasteiger partial charge in [0.15, 0.2) is 0 Å². The van der Waals surface area contributed by atoms with Crippen LogP contribution in [-0.4, -0.2) is 9.78 Å². The van der Waals surface area contributed by atoms with Gasteiger partial charge < -0.3 is 0 Å². The lowest BCUT2D eigenvalue weighted by atomic mass is 10.1. The van der Waals surface area contributed by atoms with Crippen LogP contribution < -0.4 is 0 Å². The summed E-state index contributed by atoms with van der Waals surface area (Å²) < 4.78 is 3.18. The van der Waals surface area contributed by atoms with Crippen LogP contribution in [0.5, 0.6) is 0 Å². The third-order valence-electron chi connectivity index (χ3n) is 3.04. The highest BCUT2D eigenvalue weighted by Gasteiger charge is 2.09. The lowest BCUT2D eigenvalue weighted by Crippen LogP contribution is -1.99. The van der Waals surface area contributed by atoms with Crippen molar-refractivity contribution in [1.82, 2.24) is 9.78 Å². The average molecular weight is 395 g/mol. The lowest BCUT2D eigenvalue weighted by molar-refractivity contribution is 0.869. The van der Waals surface area contributed by atoms with Crippen molar-refractivity contribution in [1.29, 1.82) is 0 Å². The smallest absolute Gasteiger partial charge is 0.0743 e. The molecular weight excluding hydrogens is 383 g/mol. The van der Waals surface area contributed by atoms with Crippen LogP contribution in [-0.2, 0) is 0 Å². The molecule has 0 amide bonds. The van der Waals surface area contributed by atoms with E-state index < -0.39 is 0 Å². The van der Waals surface area contributed by atoms with E-state index in [0.717, 1.165) is 27.7 Å². The standard InChI is InChI=1S/C16H12ClIN2/c1-11-10-16(12-2-6-14(18)7-3-12)20(19-11)15-8-4-13(17)5-9-15/h2-10H,1H3. The van der Waals surface area contributed by atoms with E-state index in [1.54, 1.807) is 0 Å². The van der Waals surface area contributed by atoms with Crippen molar-refractivity contribution in [3.8, 4) is 16.9 Å². The molecule has 0 radical (unpaired) electrons. The third kappa shape index (κ3) is 2.74. The zero-order valence-electron chi connectivity index (χ0n) is 10.8. The van der Waals surface area contributed by atoms with E-state index in [-0.39, 0.29) is 0 Å². The number of rotatable bonds is 2. The molecule has 0 N–H and O–H groups in total. The quantitative estimate of drug-likeness (QED) is 0.553. The highest BCUT2D eigenvalue weighted by atomic mass is 127. The van der Waals surface area contributed by atoms with Gasteiger partial charge in [0.1, 0.15) is 0 Å². The van der Waals surface area contributed by atoms with Gasteiger partial charge in [0, 0.05) is 14.2 Å². The molecule has 0 spiro atoms. The highest BCUT2D eigenvalue weighted by Crippen LogP contribution is 2.25. The van der Waals surface area contributed by atoms with E-state index >= 15 is 0 Å². The zero-order valence-corrected chi connectivity index (χ0v) is 13.8. The van der Waals surface area contributed by atoms with Gasteiger partial charge in [-0.3, -0.25) is 0 Å². The molecule has 100 valence electrons. The molecule has 0 bridgehead atoms. The number of aryl methyl sites for hydroxylation is 1. The fourth-order valence-corrected chi connectivity index (χ4v) is 2.59. The summed E-state index contributed by atoms with van der Waals surface area (Å²) in [7, 11) is 0. The van der Waals surface area contributed by atoms with E-state index in [1.165, 1.54) is 3.57 Å². The summed E-state index contributed by atoms with van der Waals surface area (Å²) in [5.41, 5.74) is 4.24. The van der Waals surface area contributed by atoms with Crippen molar-refractivity contribution in [2.24, 2.45) is 0 Å². The van der Waals surface area contributed by atoms with Gasteiger partial charge in [-0.1, -0.05) is 23.7 Å². The maximum atomic E-state index is 5.95. The zero-order chi connectivity index (χ0) is 14.1. The first kappa shape index (κ1) is 13.6. The number of halogens is 2. The second-order valence-corrected chi connectivity index (χ2v) is 6.25. The first-order chi connectivity index (χ1) is 9.63. The first-order valence-corrected chi connectivity index (χ1v) is 7.68. The molecular formula is C16H12ClIN2. The van der Waals surface area contributed by atoms with E-state index in [4.69, 9.17) is 11.6 Å². The molecule has 0 atom stereocenters. The van der Waals surface area contributed by atoms with Gasteiger partial charge in [-0.25, -0.2) is 4.68 Å². The Labute approximate surface area is 136 Å². The molecule has 0 saturated heterocycles. The monoisotopic (exact) mass is 394 g/mol. The Morgan fingerprint density at radius 3 is 2.30 bits per heavy atom. The molecule has 4 heteroatoms. The Bertz CT molecular complexity index is 667. The minimum absolute atomic E-state index is 0.730. The maximum Gasteiger partial charge on any atom is 0.0743 e. The van der Waals surface area contributed by atoms with Crippen molar-refractivity contribution in [3.63, 3.8) is 0 Å². The average Bonchev–Trinajstić information content (AvgIpc) is 2.82. The molecule has 2 nitrogen and oxygen atoms in total. The van der Waals surface area contributed by atoms with Crippen LogP contribution in [0, 0.1) is 10.5 Å². The van der Waals surface area contributed by atoms with Gasteiger partial charge in [-0.05, 0) is 72.0 Å². The summed E-state index contributed by atoms with van der Waals surface area (Å²) in [6, 6.07) is 18.2. The molecule has 2 aromatic carbocycles. The van der Waals surface area contributed by atoms with E-state index in [1.807, 2.05) is 35.9 Å². The fourth-order valence-electron chi connectivity index (χ4n) is 2.10. The molecule has 0 fully saturated rings. The number of benzene rings is 2. The van der Waals surface area contributed by atoms with Crippen LogP contribution in [0.25, 0.3) is 16.9 Å². The highest BCUT2D eigenvalue weighted by molar-refractivity contribution is 14.1.